The minimum atomic E-state index is -0.0825. The van der Waals surface area contributed by atoms with E-state index in [1.807, 2.05) is 38.1 Å². The van der Waals surface area contributed by atoms with Gasteiger partial charge in [-0.15, -0.1) is 0 Å². The highest BCUT2D eigenvalue weighted by molar-refractivity contribution is 5.96. The monoisotopic (exact) mass is 262 g/mol. The van der Waals surface area contributed by atoms with Gasteiger partial charge in [-0.2, -0.15) is 0 Å². The summed E-state index contributed by atoms with van der Waals surface area (Å²) in [6, 6.07) is 7.48. The molecule has 1 atom stereocenters. The van der Waals surface area contributed by atoms with Crippen molar-refractivity contribution in [2.45, 2.75) is 45.3 Å². The second-order valence-corrected chi connectivity index (χ2v) is 5.15. The van der Waals surface area contributed by atoms with Crippen molar-refractivity contribution < 1.29 is 9.53 Å². The first-order valence-electron chi connectivity index (χ1n) is 6.97. The van der Waals surface area contributed by atoms with Crippen LogP contribution in [0.4, 0.5) is 5.69 Å². The summed E-state index contributed by atoms with van der Waals surface area (Å²) in [5, 5.41) is 6.21. The van der Waals surface area contributed by atoms with E-state index in [0.717, 1.165) is 37.2 Å². The number of benzene rings is 1. The molecule has 0 aromatic heterocycles. The Morgan fingerprint density at radius 3 is 2.84 bits per heavy atom. The number of carbonyl (C=O) groups excluding carboxylic acids is 1. The standard InChI is InChI=1S/C15H22N2O2/c1-11(2)19-14-9-4-3-7-12(14)17-15(18)13-8-5-6-10-16-13/h3-4,7,9,11,13,16H,5-6,8,10H2,1-2H3,(H,17,18)/t13-/m1/s1. The zero-order valence-corrected chi connectivity index (χ0v) is 11.6. The van der Waals surface area contributed by atoms with E-state index >= 15 is 0 Å². The quantitative estimate of drug-likeness (QED) is 0.876. The third-order valence-corrected chi connectivity index (χ3v) is 3.13. The SMILES string of the molecule is CC(C)Oc1ccccc1NC(=O)[C@H]1CCCCN1. The van der Waals surface area contributed by atoms with Gasteiger partial charge in [0.1, 0.15) is 5.75 Å². The first kappa shape index (κ1) is 13.9. The molecule has 1 fully saturated rings. The minimum absolute atomic E-state index is 0.0273. The van der Waals surface area contributed by atoms with Crippen molar-refractivity contribution in [3.63, 3.8) is 0 Å². The summed E-state index contributed by atoms with van der Waals surface area (Å²) in [5.41, 5.74) is 0.744. The van der Waals surface area contributed by atoms with Gasteiger partial charge in [0.15, 0.2) is 0 Å². The number of hydrogen-bond donors (Lipinski definition) is 2. The molecule has 1 saturated heterocycles. The molecule has 1 aliphatic heterocycles. The van der Waals surface area contributed by atoms with Crippen LogP contribution < -0.4 is 15.4 Å². The van der Waals surface area contributed by atoms with Gasteiger partial charge in [-0.3, -0.25) is 4.79 Å². The van der Waals surface area contributed by atoms with Crippen LogP contribution >= 0.6 is 0 Å². The maximum absolute atomic E-state index is 12.2. The van der Waals surface area contributed by atoms with Crippen LogP contribution in [0.1, 0.15) is 33.1 Å². The fraction of sp³-hybridized carbons (Fsp3) is 0.533. The Bertz CT molecular complexity index is 426. The topological polar surface area (TPSA) is 50.4 Å². The number of hydrogen-bond acceptors (Lipinski definition) is 3. The van der Waals surface area contributed by atoms with E-state index < -0.39 is 0 Å². The second kappa shape index (κ2) is 6.57. The van der Waals surface area contributed by atoms with Gasteiger partial charge in [-0.05, 0) is 45.4 Å². The molecule has 4 heteroatoms. The molecule has 1 aromatic rings. The average Bonchev–Trinajstić information content (AvgIpc) is 2.41. The van der Waals surface area contributed by atoms with Crippen molar-refractivity contribution in [3.05, 3.63) is 24.3 Å². The number of anilines is 1. The Balaban J connectivity index is 2.03. The van der Waals surface area contributed by atoms with Crippen LogP contribution in [-0.4, -0.2) is 24.6 Å². The predicted molar refractivity (Wildman–Crippen MR) is 76.5 cm³/mol. The predicted octanol–water partition coefficient (Wildman–Crippen LogP) is 2.55. The Morgan fingerprint density at radius 2 is 2.16 bits per heavy atom. The van der Waals surface area contributed by atoms with Crippen LogP contribution in [0.3, 0.4) is 0 Å². The van der Waals surface area contributed by atoms with E-state index in [2.05, 4.69) is 10.6 Å². The van der Waals surface area contributed by atoms with Crippen LogP contribution in [0.2, 0.25) is 0 Å². The summed E-state index contributed by atoms with van der Waals surface area (Å²) in [4.78, 5) is 12.2. The van der Waals surface area contributed by atoms with Crippen LogP contribution in [0.5, 0.6) is 5.75 Å². The van der Waals surface area contributed by atoms with Crippen LogP contribution in [0.15, 0.2) is 24.3 Å². The number of amides is 1. The van der Waals surface area contributed by atoms with Gasteiger partial charge < -0.3 is 15.4 Å². The fourth-order valence-electron chi connectivity index (χ4n) is 2.22. The summed E-state index contributed by atoms with van der Waals surface area (Å²) in [7, 11) is 0. The molecule has 2 N–H and O–H groups in total. The lowest BCUT2D eigenvalue weighted by Gasteiger charge is -2.23. The molecule has 0 saturated carbocycles. The summed E-state index contributed by atoms with van der Waals surface area (Å²) in [5.74, 6) is 0.751. The van der Waals surface area contributed by atoms with Gasteiger partial charge in [0.2, 0.25) is 5.91 Å². The molecule has 0 aliphatic carbocycles. The van der Waals surface area contributed by atoms with Crippen molar-refractivity contribution in [2.24, 2.45) is 0 Å². The molecule has 0 radical (unpaired) electrons. The maximum atomic E-state index is 12.2. The van der Waals surface area contributed by atoms with Crippen molar-refractivity contribution in [1.82, 2.24) is 5.32 Å². The minimum Gasteiger partial charge on any atom is -0.489 e. The van der Waals surface area contributed by atoms with Crippen molar-refractivity contribution in [3.8, 4) is 5.75 Å². The number of carbonyl (C=O) groups is 1. The van der Waals surface area contributed by atoms with E-state index in [1.165, 1.54) is 0 Å². The molecule has 1 amide bonds. The Labute approximate surface area is 114 Å². The number of nitrogens with one attached hydrogen (secondary N) is 2. The highest BCUT2D eigenvalue weighted by atomic mass is 16.5. The molecule has 1 aromatic carbocycles. The van der Waals surface area contributed by atoms with Gasteiger partial charge in [0, 0.05) is 0 Å². The largest absolute Gasteiger partial charge is 0.489 e. The molecule has 4 nitrogen and oxygen atoms in total. The molecule has 2 rings (SSSR count). The molecule has 0 spiro atoms. The third kappa shape index (κ3) is 3.96. The Hall–Kier alpha value is -1.55. The molecule has 104 valence electrons. The van der Waals surface area contributed by atoms with Crippen LogP contribution in [0, 0.1) is 0 Å². The molecule has 0 bridgehead atoms. The number of ether oxygens (including phenoxy) is 1. The third-order valence-electron chi connectivity index (χ3n) is 3.13. The number of para-hydroxylation sites is 2. The normalized spacial score (nSPS) is 19.2. The van der Waals surface area contributed by atoms with E-state index in [1.54, 1.807) is 0 Å². The van der Waals surface area contributed by atoms with Crippen molar-refractivity contribution >= 4 is 11.6 Å². The lowest BCUT2D eigenvalue weighted by atomic mass is 10.0. The van der Waals surface area contributed by atoms with Crippen molar-refractivity contribution in [2.75, 3.05) is 11.9 Å². The summed E-state index contributed by atoms with van der Waals surface area (Å²) in [6.45, 7) is 4.87. The lowest BCUT2D eigenvalue weighted by molar-refractivity contribution is -0.118. The molecular weight excluding hydrogens is 240 g/mol. The van der Waals surface area contributed by atoms with Gasteiger partial charge in [-0.1, -0.05) is 18.6 Å². The zero-order chi connectivity index (χ0) is 13.7. The number of piperidine rings is 1. The van der Waals surface area contributed by atoms with Gasteiger partial charge in [-0.25, -0.2) is 0 Å². The fourth-order valence-corrected chi connectivity index (χ4v) is 2.22. The van der Waals surface area contributed by atoms with E-state index in [-0.39, 0.29) is 18.1 Å². The van der Waals surface area contributed by atoms with E-state index in [4.69, 9.17) is 4.74 Å². The summed E-state index contributed by atoms with van der Waals surface area (Å²) < 4.78 is 5.70. The summed E-state index contributed by atoms with van der Waals surface area (Å²) in [6.07, 6.45) is 3.25. The van der Waals surface area contributed by atoms with Gasteiger partial charge >= 0.3 is 0 Å². The highest BCUT2D eigenvalue weighted by Gasteiger charge is 2.21. The first-order chi connectivity index (χ1) is 9.16. The zero-order valence-electron chi connectivity index (χ0n) is 11.6. The lowest BCUT2D eigenvalue weighted by Crippen LogP contribution is -2.43. The average molecular weight is 262 g/mol. The van der Waals surface area contributed by atoms with Crippen LogP contribution in [-0.2, 0) is 4.79 Å². The second-order valence-electron chi connectivity index (χ2n) is 5.15. The maximum Gasteiger partial charge on any atom is 0.241 e. The van der Waals surface area contributed by atoms with E-state index in [9.17, 15) is 4.79 Å². The molecule has 1 aliphatic rings. The Kier molecular flexibility index (Phi) is 4.80. The first-order valence-corrected chi connectivity index (χ1v) is 6.97. The Morgan fingerprint density at radius 1 is 1.37 bits per heavy atom. The molecule has 1 heterocycles. The smallest absolute Gasteiger partial charge is 0.241 e. The van der Waals surface area contributed by atoms with Gasteiger partial charge in [0.05, 0.1) is 17.8 Å². The summed E-state index contributed by atoms with van der Waals surface area (Å²) >= 11 is 0. The van der Waals surface area contributed by atoms with Crippen LogP contribution in [0.25, 0.3) is 0 Å². The molecular formula is C15H22N2O2. The van der Waals surface area contributed by atoms with Gasteiger partial charge in [0.25, 0.3) is 0 Å². The van der Waals surface area contributed by atoms with Crippen molar-refractivity contribution in [1.29, 1.82) is 0 Å². The molecule has 0 unspecified atom stereocenters. The highest BCUT2D eigenvalue weighted by Crippen LogP contribution is 2.25. The number of rotatable bonds is 4. The van der Waals surface area contributed by atoms with E-state index in [0.29, 0.717) is 0 Å². The molecule has 19 heavy (non-hydrogen) atoms.